The number of carbonyl (C=O) groups excluding carboxylic acids is 2. The van der Waals surface area contributed by atoms with E-state index in [1.165, 1.54) is 44.2 Å². The molecular weight excluding hydrogens is 461 g/mol. The molecule has 180 valence electrons. The predicted octanol–water partition coefficient (Wildman–Crippen LogP) is 3.75. The molecule has 34 heavy (non-hydrogen) atoms. The van der Waals surface area contributed by atoms with Crippen molar-refractivity contribution in [1.29, 1.82) is 0 Å². The van der Waals surface area contributed by atoms with Gasteiger partial charge in [-0.05, 0) is 30.2 Å². The van der Waals surface area contributed by atoms with Crippen molar-refractivity contribution in [1.82, 2.24) is 4.90 Å². The van der Waals surface area contributed by atoms with Crippen molar-refractivity contribution in [2.24, 2.45) is 0 Å². The molecule has 1 fully saturated rings. The Morgan fingerprint density at radius 3 is 2.65 bits per heavy atom. The number of carbonyl (C=O) groups is 3. The molecule has 0 spiro atoms. The standard InChI is InChI=1S/C25H26FNO6S/c1-32-18-7-5-6-16(12-18)21(28)15-34-22-10-11-27(14-17(22)13-23(29)30)24(25(31)33-2)19-8-3-4-9-20(19)26/h3-9,12-13,22,24H,10-11,14-15H2,1-2H3,(H,29,30)/b17-13-/t22?,24-/m0/s1. The van der Waals surface area contributed by atoms with Crippen LogP contribution in [0.1, 0.15) is 28.4 Å². The molecule has 1 saturated heterocycles. The van der Waals surface area contributed by atoms with Crippen LogP contribution < -0.4 is 4.74 Å². The predicted molar refractivity (Wildman–Crippen MR) is 127 cm³/mol. The maximum atomic E-state index is 14.5. The zero-order chi connectivity index (χ0) is 24.7. The largest absolute Gasteiger partial charge is 0.497 e. The third kappa shape index (κ3) is 6.24. The number of hydrogen-bond donors (Lipinski definition) is 1. The number of ether oxygens (including phenoxy) is 2. The van der Waals surface area contributed by atoms with Crippen molar-refractivity contribution < 1.29 is 33.4 Å². The number of methoxy groups -OCH3 is 2. The molecule has 2 aromatic rings. The number of nitrogens with zero attached hydrogens (tertiary/aromatic N) is 1. The number of likely N-dealkylation sites (tertiary alicyclic amines) is 1. The quantitative estimate of drug-likeness (QED) is 0.325. The molecule has 2 atom stereocenters. The second kappa shape index (κ2) is 11.8. The fourth-order valence-corrected chi connectivity index (χ4v) is 5.08. The summed E-state index contributed by atoms with van der Waals surface area (Å²) in [5.74, 6) is -1.65. The van der Waals surface area contributed by atoms with Crippen LogP contribution in [0.4, 0.5) is 4.39 Å². The Labute approximate surface area is 201 Å². The molecule has 1 unspecified atom stereocenters. The Kier molecular flexibility index (Phi) is 8.84. The van der Waals surface area contributed by atoms with Gasteiger partial charge in [-0.1, -0.05) is 30.3 Å². The third-order valence-electron chi connectivity index (χ3n) is 5.58. The van der Waals surface area contributed by atoms with Crippen LogP contribution in [-0.4, -0.2) is 66.0 Å². The summed E-state index contributed by atoms with van der Waals surface area (Å²) in [6.07, 6.45) is 1.59. The highest BCUT2D eigenvalue weighted by atomic mass is 32.2. The first-order valence-corrected chi connectivity index (χ1v) is 11.7. The van der Waals surface area contributed by atoms with Crippen LogP contribution in [0, 0.1) is 5.82 Å². The number of piperidine rings is 1. The molecule has 0 amide bonds. The molecule has 1 aliphatic rings. The maximum absolute atomic E-state index is 14.5. The van der Waals surface area contributed by atoms with E-state index in [9.17, 15) is 23.9 Å². The van der Waals surface area contributed by atoms with Gasteiger partial charge in [-0.2, -0.15) is 0 Å². The topological polar surface area (TPSA) is 93.1 Å². The second-order valence-corrected chi connectivity index (χ2v) is 8.91. The number of benzene rings is 2. The number of rotatable bonds is 9. The monoisotopic (exact) mass is 487 g/mol. The van der Waals surface area contributed by atoms with Gasteiger partial charge in [0, 0.05) is 35.5 Å². The lowest BCUT2D eigenvalue weighted by Crippen LogP contribution is -2.43. The molecule has 0 saturated carbocycles. The van der Waals surface area contributed by atoms with Crippen LogP contribution in [0.25, 0.3) is 0 Å². The Bertz CT molecular complexity index is 1090. The SMILES string of the molecule is COC(=O)[C@H](c1ccccc1F)N1CCC(SCC(=O)c2cccc(OC)c2)/C(=C\C(=O)O)C1. The van der Waals surface area contributed by atoms with Gasteiger partial charge in [-0.3, -0.25) is 9.69 Å². The van der Waals surface area contributed by atoms with E-state index >= 15 is 0 Å². The number of Topliss-reactive ketones (excluding diaryl/α,β-unsaturated/α-hetero) is 1. The van der Waals surface area contributed by atoms with Gasteiger partial charge >= 0.3 is 11.9 Å². The van der Waals surface area contributed by atoms with Gasteiger partial charge in [-0.25, -0.2) is 14.0 Å². The second-order valence-electron chi connectivity index (χ2n) is 7.72. The lowest BCUT2D eigenvalue weighted by Gasteiger charge is -2.37. The van der Waals surface area contributed by atoms with Gasteiger partial charge in [-0.15, -0.1) is 11.8 Å². The molecule has 9 heteroatoms. The molecule has 1 N–H and O–H groups in total. The summed E-state index contributed by atoms with van der Waals surface area (Å²) in [7, 11) is 2.76. The van der Waals surface area contributed by atoms with Crippen molar-refractivity contribution in [3.8, 4) is 5.75 Å². The average Bonchev–Trinajstić information content (AvgIpc) is 2.84. The van der Waals surface area contributed by atoms with Crippen molar-refractivity contribution in [3.63, 3.8) is 0 Å². The fraction of sp³-hybridized carbons (Fsp3) is 0.320. The van der Waals surface area contributed by atoms with Gasteiger partial charge < -0.3 is 14.6 Å². The summed E-state index contributed by atoms with van der Waals surface area (Å²) in [4.78, 5) is 38.5. The van der Waals surface area contributed by atoms with Crippen molar-refractivity contribution in [2.75, 3.05) is 33.1 Å². The van der Waals surface area contributed by atoms with Crippen LogP contribution in [0.15, 0.2) is 60.2 Å². The lowest BCUT2D eigenvalue weighted by molar-refractivity contribution is -0.147. The first-order valence-electron chi connectivity index (χ1n) is 10.6. The highest BCUT2D eigenvalue weighted by molar-refractivity contribution is 8.00. The van der Waals surface area contributed by atoms with Crippen LogP contribution in [0.2, 0.25) is 0 Å². The molecule has 3 rings (SSSR count). The Hall–Kier alpha value is -3.17. The fourth-order valence-electron chi connectivity index (χ4n) is 3.93. The van der Waals surface area contributed by atoms with E-state index in [1.807, 2.05) is 0 Å². The summed E-state index contributed by atoms with van der Waals surface area (Å²) in [5, 5.41) is 9.17. The summed E-state index contributed by atoms with van der Waals surface area (Å²) in [6.45, 7) is 0.529. The normalized spacial score (nSPS) is 18.3. The van der Waals surface area contributed by atoms with E-state index in [2.05, 4.69) is 0 Å². The number of aliphatic carboxylic acids is 1. The summed E-state index contributed by atoms with van der Waals surface area (Å²) >= 11 is 1.35. The molecular formula is C25H26FNO6S. The Morgan fingerprint density at radius 2 is 1.97 bits per heavy atom. The van der Waals surface area contributed by atoms with Gasteiger partial charge in [0.1, 0.15) is 17.6 Å². The number of carboxylic acids is 1. The average molecular weight is 488 g/mol. The number of hydrogen-bond acceptors (Lipinski definition) is 7. The molecule has 7 nitrogen and oxygen atoms in total. The third-order valence-corrected chi connectivity index (χ3v) is 6.95. The van der Waals surface area contributed by atoms with Gasteiger partial charge in [0.05, 0.1) is 20.0 Å². The highest BCUT2D eigenvalue weighted by Gasteiger charge is 2.36. The van der Waals surface area contributed by atoms with E-state index in [0.29, 0.717) is 29.9 Å². The van der Waals surface area contributed by atoms with Crippen molar-refractivity contribution in [3.05, 3.63) is 77.1 Å². The minimum atomic E-state index is -1.12. The maximum Gasteiger partial charge on any atom is 0.328 e. The van der Waals surface area contributed by atoms with Crippen LogP contribution in [-0.2, 0) is 14.3 Å². The molecule has 1 heterocycles. The zero-order valence-corrected chi connectivity index (χ0v) is 19.7. The lowest BCUT2D eigenvalue weighted by atomic mass is 9.98. The van der Waals surface area contributed by atoms with Crippen LogP contribution >= 0.6 is 11.8 Å². The smallest absolute Gasteiger partial charge is 0.328 e. The summed E-state index contributed by atoms with van der Waals surface area (Å²) < 4.78 is 24.6. The molecule has 0 aromatic heterocycles. The molecule has 0 radical (unpaired) electrons. The van der Waals surface area contributed by atoms with E-state index < -0.39 is 23.8 Å². The molecule has 2 aromatic carbocycles. The Morgan fingerprint density at radius 1 is 1.21 bits per heavy atom. The Balaban J connectivity index is 1.77. The van der Waals surface area contributed by atoms with Crippen molar-refractivity contribution in [2.45, 2.75) is 17.7 Å². The number of esters is 1. The number of carboxylic acid groups (broad SMARTS) is 1. The number of halogens is 1. The first kappa shape index (κ1) is 25.5. The van der Waals surface area contributed by atoms with Gasteiger partial charge in [0.15, 0.2) is 5.78 Å². The summed E-state index contributed by atoms with van der Waals surface area (Å²) in [6, 6.07) is 11.8. The zero-order valence-electron chi connectivity index (χ0n) is 18.9. The van der Waals surface area contributed by atoms with Gasteiger partial charge in [0.25, 0.3) is 0 Å². The molecule has 0 bridgehead atoms. The van der Waals surface area contributed by atoms with Gasteiger partial charge in [0.2, 0.25) is 0 Å². The molecule has 0 aliphatic carbocycles. The highest BCUT2D eigenvalue weighted by Crippen LogP contribution is 2.34. The van der Waals surface area contributed by atoms with E-state index in [1.54, 1.807) is 35.2 Å². The van der Waals surface area contributed by atoms with Crippen LogP contribution in [0.5, 0.6) is 5.75 Å². The van der Waals surface area contributed by atoms with Crippen molar-refractivity contribution >= 4 is 29.5 Å². The van der Waals surface area contributed by atoms with Crippen LogP contribution in [0.3, 0.4) is 0 Å². The van der Waals surface area contributed by atoms with E-state index in [-0.39, 0.29) is 28.9 Å². The number of ketones is 1. The first-order chi connectivity index (χ1) is 16.3. The summed E-state index contributed by atoms with van der Waals surface area (Å²) in [5.41, 5.74) is 1.23. The van der Waals surface area contributed by atoms with E-state index in [4.69, 9.17) is 9.47 Å². The molecule has 1 aliphatic heterocycles. The minimum Gasteiger partial charge on any atom is -0.497 e. The van der Waals surface area contributed by atoms with E-state index in [0.717, 1.165) is 6.08 Å². The number of thioether (sulfide) groups is 1. The minimum absolute atomic E-state index is 0.0974.